The van der Waals surface area contributed by atoms with Crippen LogP contribution < -0.4 is 0 Å². The maximum Gasteiger partial charge on any atom is 0.0223 e. The Morgan fingerprint density at radius 2 is 2.07 bits per heavy atom. The van der Waals surface area contributed by atoms with E-state index in [9.17, 15) is 0 Å². The number of likely N-dealkylation sites (tertiary alicyclic amines) is 1. The van der Waals surface area contributed by atoms with Crippen LogP contribution in [0.25, 0.3) is 0 Å². The zero-order valence-corrected chi connectivity index (χ0v) is 10.2. The zero-order chi connectivity index (χ0) is 10.2. The Kier molecular flexibility index (Phi) is 6.63. The van der Waals surface area contributed by atoms with Crippen LogP contribution in [0.15, 0.2) is 0 Å². The second-order valence-electron chi connectivity index (χ2n) is 4.34. The standard InChI is InChI=1S/C12H24ClN/c1-2-12-8-4-7-11-14(12)10-6-3-5-9-13/h12H,2-11H2,1H3. The van der Waals surface area contributed by atoms with E-state index in [-0.39, 0.29) is 0 Å². The molecule has 1 fully saturated rings. The first-order valence-electron chi connectivity index (χ1n) is 6.18. The van der Waals surface area contributed by atoms with E-state index in [1.54, 1.807) is 0 Å². The number of rotatable bonds is 6. The third-order valence-electron chi connectivity index (χ3n) is 3.30. The molecule has 1 unspecified atom stereocenters. The fourth-order valence-corrected chi connectivity index (χ4v) is 2.59. The first kappa shape index (κ1) is 12.3. The van der Waals surface area contributed by atoms with Gasteiger partial charge in [-0.3, -0.25) is 0 Å². The van der Waals surface area contributed by atoms with Crippen molar-refractivity contribution in [3.63, 3.8) is 0 Å². The van der Waals surface area contributed by atoms with Crippen molar-refractivity contribution in [2.24, 2.45) is 0 Å². The number of hydrogen-bond acceptors (Lipinski definition) is 1. The molecular weight excluding hydrogens is 194 g/mol. The van der Waals surface area contributed by atoms with Gasteiger partial charge >= 0.3 is 0 Å². The summed E-state index contributed by atoms with van der Waals surface area (Å²) in [5.74, 6) is 0.831. The summed E-state index contributed by atoms with van der Waals surface area (Å²) in [5, 5.41) is 0. The van der Waals surface area contributed by atoms with Crippen LogP contribution in [-0.2, 0) is 0 Å². The van der Waals surface area contributed by atoms with Gasteiger partial charge in [0.15, 0.2) is 0 Å². The van der Waals surface area contributed by atoms with Crippen LogP contribution in [0.2, 0.25) is 0 Å². The van der Waals surface area contributed by atoms with E-state index in [1.165, 1.54) is 58.0 Å². The van der Waals surface area contributed by atoms with E-state index in [1.807, 2.05) is 0 Å². The van der Waals surface area contributed by atoms with Crippen LogP contribution in [0.1, 0.15) is 51.9 Å². The molecule has 1 aliphatic heterocycles. The number of hydrogen-bond donors (Lipinski definition) is 0. The fraction of sp³-hybridized carbons (Fsp3) is 1.00. The van der Waals surface area contributed by atoms with E-state index in [0.717, 1.165) is 11.9 Å². The maximum absolute atomic E-state index is 5.67. The molecule has 14 heavy (non-hydrogen) atoms. The number of unbranched alkanes of at least 4 members (excludes halogenated alkanes) is 2. The highest BCUT2D eigenvalue weighted by molar-refractivity contribution is 6.17. The van der Waals surface area contributed by atoms with Crippen molar-refractivity contribution in [1.29, 1.82) is 0 Å². The summed E-state index contributed by atoms with van der Waals surface area (Å²) < 4.78 is 0. The third kappa shape index (κ3) is 4.18. The van der Waals surface area contributed by atoms with Crippen LogP contribution in [0.3, 0.4) is 0 Å². The third-order valence-corrected chi connectivity index (χ3v) is 3.57. The Balaban J connectivity index is 2.13. The minimum atomic E-state index is 0.831. The molecule has 0 bridgehead atoms. The quantitative estimate of drug-likeness (QED) is 0.485. The molecule has 1 heterocycles. The van der Waals surface area contributed by atoms with E-state index >= 15 is 0 Å². The van der Waals surface area contributed by atoms with Gasteiger partial charge < -0.3 is 4.90 Å². The van der Waals surface area contributed by atoms with Crippen molar-refractivity contribution in [3.8, 4) is 0 Å². The first-order valence-corrected chi connectivity index (χ1v) is 6.72. The number of halogens is 1. The number of alkyl halides is 1. The van der Waals surface area contributed by atoms with Crippen molar-refractivity contribution >= 4 is 11.6 Å². The van der Waals surface area contributed by atoms with Crippen LogP contribution in [-0.4, -0.2) is 29.9 Å². The highest BCUT2D eigenvalue weighted by atomic mass is 35.5. The van der Waals surface area contributed by atoms with E-state index in [0.29, 0.717) is 0 Å². The fourth-order valence-electron chi connectivity index (χ4n) is 2.40. The Hall–Kier alpha value is 0.250. The summed E-state index contributed by atoms with van der Waals surface area (Å²) in [6, 6.07) is 0.875. The minimum Gasteiger partial charge on any atom is -0.300 e. The molecule has 0 aliphatic carbocycles. The molecule has 1 aliphatic rings. The van der Waals surface area contributed by atoms with Crippen molar-refractivity contribution in [1.82, 2.24) is 4.90 Å². The monoisotopic (exact) mass is 217 g/mol. The SMILES string of the molecule is CCC1CCCCN1CCCCCCl. The predicted octanol–water partition coefficient (Wildman–Crippen LogP) is 3.66. The molecule has 1 saturated heterocycles. The lowest BCUT2D eigenvalue weighted by Gasteiger charge is -2.35. The van der Waals surface area contributed by atoms with Crippen molar-refractivity contribution < 1.29 is 0 Å². The average Bonchev–Trinajstić information content (AvgIpc) is 2.25. The van der Waals surface area contributed by atoms with Crippen LogP contribution in [0, 0.1) is 0 Å². The molecule has 0 radical (unpaired) electrons. The normalized spacial score (nSPS) is 24.0. The van der Waals surface area contributed by atoms with Crippen LogP contribution in [0.5, 0.6) is 0 Å². The largest absolute Gasteiger partial charge is 0.300 e. The highest BCUT2D eigenvalue weighted by Gasteiger charge is 2.19. The summed E-state index contributed by atoms with van der Waals surface area (Å²) in [5.41, 5.74) is 0. The lowest BCUT2D eigenvalue weighted by Crippen LogP contribution is -2.39. The molecule has 2 heteroatoms. The lowest BCUT2D eigenvalue weighted by atomic mass is 9.99. The van der Waals surface area contributed by atoms with Gasteiger partial charge in [-0.25, -0.2) is 0 Å². The first-order chi connectivity index (χ1) is 6.88. The minimum absolute atomic E-state index is 0.831. The average molecular weight is 218 g/mol. The summed E-state index contributed by atoms with van der Waals surface area (Å²) in [6.07, 6.45) is 9.43. The predicted molar refractivity (Wildman–Crippen MR) is 64.1 cm³/mol. The van der Waals surface area contributed by atoms with Crippen molar-refractivity contribution in [2.45, 2.75) is 57.9 Å². The molecule has 0 aromatic carbocycles. The molecule has 0 N–H and O–H groups in total. The van der Waals surface area contributed by atoms with Gasteiger partial charge in [-0.15, -0.1) is 11.6 Å². The summed E-state index contributed by atoms with van der Waals surface area (Å²) >= 11 is 5.67. The van der Waals surface area contributed by atoms with E-state index < -0.39 is 0 Å². The molecule has 0 spiro atoms. The Labute approximate surface area is 93.8 Å². The zero-order valence-electron chi connectivity index (χ0n) is 9.47. The maximum atomic E-state index is 5.67. The molecule has 0 amide bonds. The van der Waals surface area contributed by atoms with Gasteiger partial charge in [0.25, 0.3) is 0 Å². The number of nitrogens with zero attached hydrogens (tertiary/aromatic N) is 1. The Morgan fingerprint density at radius 3 is 2.79 bits per heavy atom. The molecule has 1 rings (SSSR count). The molecule has 1 atom stereocenters. The van der Waals surface area contributed by atoms with Crippen LogP contribution in [0.4, 0.5) is 0 Å². The van der Waals surface area contributed by atoms with Gasteiger partial charge in [-0.2, -0.15) is 0 Å². The second-order valence-corrected chi connectivity index (χ2v) is 4.72. The number of piperidine rings is 1. The topological polar surface area (TPSA) is 3.24 Å². The molecule has 0 aromatic heterocycles. The summed E-state index contributed by atoms with van der Waals surface area (Å²) in [4.78, 5) is 2.69. The van der Waals surface area contributed by atoms with E-state index in [4.69, 9.17) is 11.6 Å². The summed E-state index contributed by atoms with van der Waals surface area (Å²) in [7, 11) is 0. The lowest BCUT2D eigenvalue weighted by molar-refractivity contribution is 0.141. The van der Waals surface area contributed by atoms with Crippen molar-refractivity contribution in [3.05, 3.63) is 0 Å². The summed E-state index contributed by atoms with van der Waals surface area (Å²) in [6.45, 7) is 4.95. The van der Waals surface area contributed by atoms with Gasteiger partial charge in [-0.05, 0) is 45.2 Å². The van der Waals surface area contributed by atoms with Gasteiger partial charge in [0, 0.05) is 11.9 Å². The Morgan fingerprint density at radius 1 is 1.21 bits per heavy atom. The molecule has 0 aromatic rings. The van der Waals surface area contributed by atoms with Gasteiger partial charge in [0.2, 0.25) is 0 Å². The second kappa shape index (κ2) is 7.53. The van der Waals surface area contributed by atoms with Crippen molar-refractivity contribution in [2.75, 3.05) is 19.0 Å². The highest BCUT2D eigenvalue weighted by Crippen LogP contribution is 2.19. The van der Waals surface area contributed by atoms with Gasteiger partial charge in [-0.1, -0.05) is 19.8 Å². The van der Waals surface area contributed by atoms with Gasteiger partial charge in [0.05, 0.1) is 0 Å². The van der Waals surface area contributed by atoms with Crippen LogP contribution >= 0.6 is 11.6 Å². The van der Waals surface area contributed by atoms with Gasteiger partial charge in [0.1, 0.15) is 0 Å². The Bertz CT molecular complexity index is 138. The molecule has 84 valence electrons. The molecule has 0 saturated carbocycles. The smallest absolute Gasteiger partial charge is 0.0223 e. The molecule has 1 nitrogen and oxygen atoms in total. The molecular formula is C12H24ClN. The van der Waals surface area contributed by atoms with E-state index in [2.05, 4.69) is 11.8 Å².